The number of hydrogen-bond acceptors (Lipinski definition) is 6. The molecule has 0 aliphatic heterocycles. The van der Waals surface area contributed by atoms with Gasteiger partial charge in [-0.3, -0.25) is 25.8 Å². The van der Waals surface area contributed by atoms with Gasteiger partial charge in [0.05, 0.1) is 12.2 Å². The van der Waals surface area contributed by atoms with Crippen molar-refractivity contribution in [1.82, 2.24) is 16.2 Å². The van der Waals surface area contributed by atoms with Crippen molar-refractivity contribution < 1.29 is 23.8 Å². The topological polar surface area (TPSA) is 97.9 Å². The summed E-state index contributed by atoms with van der Waals surface area (Å²) < 4.78 is 15.9. The summed E-state index contributed by atoms with van der Waals surface area (Å²) in [6.07, 6.45) is 0.928. The number of hydrogen-bond donors (Lipinski definition) is 3. The van der Waals surface area contributed by atoms with Gasteiger partial charge in [0.1, 0.15) is 18.1 Å². The number of amides is 2. The number of nitrogens with one attached hydrogen (secondary N) is 3. The molecule has 0 aliphatic rings. The molecule has 0 bridgehead atoms. The summed E-state index contributed by atoms with van der Waals surface area (Å²) >= 11 is 5.04. The van der Waals surface area contributed by atoms with Crippen LogP contribution in [-0.2, 0) is 16.0 Å². The number of thiocarbonyl (C=S) groups is 1. The van der Waals surface area contributed by atoms with Crippen LogP contribution in [0.1, 0.15) is 22.8 Å². The molecule has 0 unspecified atom stereocenters. The first-order valence-corrected chi connectivity index (χ1v) is 9.77. The third-order valence-electron chi connectivity index (χ3n) is 3.92. The largest absolute Gasteiger partial charge is 0.490 e. The summed E-state index contributed by atoms with van der Waals surface area (Å²) in [6, 6.07) is 14.2. The van der Waals surface area contributed by atoms with E-state index in [0.717, 1.165) is 6.42 Å². The summed E-state index contributed by atoms with van der Waals surface area (Å²) in [6.45, 7) is 2.56. The van der Waals surface area contributed by atoms with Crippen molar-refractivity contribution in [3.8, 4) is 11.5 Å². The van der Waals surface area contributed by atoms with E-state index >= 15 is 0 Å². The summed E-state index contributed by atoms with van der Waals surface area (Å²) in [5, 5.41) is 2.42. The molecule has 0 radical (unpaired) electrons. The van der Waals surface area contributed by atoms with Gasteiger partial charge in [0.2, 0.25) is 0 Å². The number of para-hydroxylation sites is 1. The zero-order valence-corrected chi connectivity index (χ0v) is 17.7. The Morgan fingerprint density at radius 3 is 2.40 bits per heavy atom. The first-order chi connectivity index (χ1) is 14.5. The molecule has 160 valence electrons. The van der Waals surface area contributed by atoms with E-state index in [4.69, 9.17) is 26.4 Å². The second kappa shape index (κ2) is 12.4. The lowest BCUT2D eigenvalue weighted by molar-refractivity contribution is -0.123. The minimum atomic E-state index is -0.470. The van der Waals surface area contributed by atoms with Gasteiger partial charge in [-0.05, 0) is 48.5 Å². The third kappa shape index (κ3) is 7.69. The summed E-state index contributed by atoms with van der Waals surface area (Å²) in [5.41, 5.74) is 6.33. The van der Waals surface area contributed by atoms with Gasteiger partial charge < -0.3 is 14.2 Å². The molecule has 0 saturated carbocycles. The van der Waals surface area contributed by atoms with Gasteiger partial charge in [-0.1, -0.05) is 31.2 Å². The van der Waals surface area contributed by atoms with Crippen molar-refractivity contribution in [3.63, 3.8) is 0 Å². The SMILES string of the molecule is CCc1ccc(OCC(=O)NNC(=S)NC(=O)c2ccccc2OCCOC)cc1. The standard InChI is InChI=1S/C21H25N3O5S/c1-3-15-8-10-16(11-9-15)29-14-19(25)23-24-21(30)22-20(26)17-6-4-5-7-18(17)28-13-12-27-2/h4-11H,3,12-14H2,1-2H3,(H,23,25)(H2,22,24,26,30). The van der Waals surface area contributed by atoms with Gasteiger partial charge in [-0.25, -0.2) is 0 Å². The smallest absolute Gasteiger partial charge is 0.276 e. The van der Waals surface area contributed by atoms with Crippen molar-refractivity contribution in [2.45, 2.75) is 13.3 Å². The van der Waals surface area contributed by atoms with Gasteiger partial charge in [0.15, 0.2) is 11.7 Å². The van der Waals surface area contributed by atoms with E-state index in [0.29, 0.717) is 30.3 Å². The van der Waals surface area contributed by atoms with Gasteiger partial charge >= 0.3 is 0 Å². The van der Waals surface area contributed by atoms with Gasteiger partial charge in [-0.2, -0.15) is 0 Å². The molecule has 30 heavy (non-hydrogen) atoms. The van der Waals surface area contributed by atoms with E-state index in [9.17, 15) is 9.59 Å². The molecule has 0 saturated heterocycles. The number of aryl methyl sites for hydroxylation is 1. The molecule has 0 fully saturated rings. The van der Waals surface area contributed by atoms with E-state index in [2.05, 4.69) is 23.1 Å². The van der Waals surface area contributed by atoms with Crippen LogP contribution < -0.4 is 25.6 Å². The second-order valence-corrected chi connectivity index (χ2v) is 6.49. The Bertz CT molecular complexity index is 858. The number of carbonyl (C=O) groups is 2. The highest BCUT2D eigenvalue weighted by molar-refractivity contribution is 7.80. The van der Waals surface area contributed by atoms with Crippen molar-refractivity contribution >= 4 is 29.1 Å². The predicted molar refractivity (Wildman–Crippen MR) is 116 cm³/mol. The maximum absolute atomic E-state index is 12.4. The maximum Gasteiger partial charge on any atom is 0.276 e. The minimum Gasteiger partial charge on any atom is -0.490 e. The lowest BCUT2D eigenvalue weighted by Crippen LogP contribution is -2.49. The van der Waals surface area contributed by atoms with E-state index < -0.39 is 11.8 Å². The molecule has 9 heteroatoms. The van der Waals surface area contributed by atoms with Gasteiger partial charge in [0.25, 0.3) is 11.8 Å². The molecule has 0 atom stereocenters. The van der Waals surface area contributed by atoms with Crippen LogP contribution in [0.5, 0.6) is 11.5 Å². The van der Waals surface area contributed by atoms with Crippen LogP contribution in [0.3, 0.4) is 0 Å². The molecule has 3 N–H and O–H groups in total. The second-order valence-electron chi connectivity index (χ2n) is 6.08. The van der Waals surface area contributed by atoms with Crippen LogP contribution in [0, 0.1) is 0 Å². The predicted octanol–water partition coefficient (Wildman–Crippen LogP) is 1.99. The summed E-state index contributed by atoms with van der Waals surface area (Å²) in [5.74, 6) is 0.0705. The molecular formula is C21H25N3O5S. The molecule has 2 aromatic carbocycles. The van der Waals surface area contributed by atoms with Crippen LogP contribution in [0.15, 0.2) is 48.5 Å². The zero-order valence-electron chi connectivity index (χ0n) is 16.9. The van der Waals surface area contributed by atoms with E-state index in [-0.39, 0.29) is 11.7 Å². The van der Waals surface area contributed by atoms with Crippen molar-refractivity contribution in [2.24, 2.45) is 0 Å². The number of ether oxygens (including phenoxy) is 3. The highest BCUT2D eigenvalue weighted by Crippen LogP contribution is 2.17. The fourth-order valence-corrected chi connectivity index (χ4v) is 2.49. The molecule has 2 amide bonds. The molecule has 2 rings (SSSR count). The quantitative estimate of drug-likeness (QED) is 0.317. The Balaban J connectivity index is 1.77. The van der Waals surface area contributed by atoms with Crippen LogP contribution in [0.2, 0.25) is 0 Å². The van der Waals surface area contributed by atoms with E-state index in [1.807, 2.05) is 12.1 Å². The Morgan fingerprint density at radius 2 is 1.70 bits per heavy atom. The monoisotopic (exact) mass is 431 g/mol. The molecule has 0 heterocycles. The van der Waals surface area contributed by atoms with Crippen LogP contribution in [0.25, 0.3) is 0 Å². The van der Waals surface area contributed by atoms with Crippen LogP contribution >= 0.6 is 12.2 Å². The molecule has 2 aromatic rings. The van der Waals surface area contributed by atoms with E-state index in [1.165, 1.54) is 5.56 Å². The number of carbonyl (C=O) groups excluding carboxylic acids is 2. The number of benzene rings is 2. The number of hydrazine groups is 1. The summed E-state index contributed by atoms with van der Waals surface area (Å²) in [4.78, 5) is 24.3. The Morgan fingerprint density at radius 1 is 0.967 bits per heavy atom. The third-order valence-corrected chi connectivity index (χ3v) is 4.12. The lowest BCUT2D eigenvalue weighted by Gasteiger charge is -2.13. The maximum atomic E-state index is 12.4. The average Bonchev–Trinajstić information content (AvgIpc) is 2.77. The summed E-state index contributed by atoms with van der Waals surface area (Å²) in [7, 11) is 1.56. The van der Waals surface area contributed by atoms with Crippen LogP contribution in [-0.4, -0.2) is 43.9 Å². The first-order valence-electron chi connectivity index (χ1n) is 9.36. The lowest BCUT2D eigenvalue weighted by atomic mass is 10.2. The van der Waals surface area contributed by atoms with Gasteiger partial charge in [0, 0.05) is 7.11 Å². The zero-order chi connectivity index (χ0) is 21.8. The van der Waals surface area contributed by atoms with Crippen LogP contribution in [0.4, 0.5) is 0 Å². The number of rotatable bonds is 9. The normalized spacial score (nSPS) is 10.1. The van der Waals surface area contributed by atoms with Crippen molar-refractivity contribution in [1.29, 1.82) is 0 Å². The fourth-order valence-electron chi connectivity index (χ4n) is 2.35. The van der Waals surface area contributed by atoms with Gasteiger partial charge in [-0.15, -0.1) is 0 Å². The van der Waals surface area contributed by atoms with Crippen molar-refractivity contribution in [3.05, 3.63) is 59.7 Å². The molecule has 8 nitrogen and oxygen atoms in total. The molecule has 0 aliphatic carbocycles. The molecule has 0 spiro atoms. The van der Waals surface area contributed by atoms with E-state index in [1.54, 1.807) is 43.5 Å². The minimum absolute atomic E-state index is 0.0626. The first kappa shape index (κ1) is 23.1. The average molecular weight is 432 g/mol. The van der Waals surface area contributed by atoms with Crippen molar-refractivity contribution in [2.75, 3.05) is 26.9 Å². The highest BCUT2D eigenvalue weighted by atomic mass is 32.1. The fraction of sp³-hybridized carbons (Fsp3) is 0.286. The Kier molecular flexibility index (Phi) is 9.56. The molecule has 0 aromatic heterocycles. The number of methoxy groups -OCH3 is 1. The Labute approximate surface area is 180 Å². The highest BCUT2D eigenvalue weighted by Gasteiger charge is 2.14. The molecular weight excluding hydrogens is 406 g/mol. The Hall–Kier alpha value is -3.17.